The molecule has 5 nitrogen and oxygen atoms in total. The summed E-state index contributed by atoms with van der Waals surface area (Å²) in [6.45, 7) is 2.57. The van der Waals surface area contributed by atoms with Crippen LogP contribution in [0, 0.1) is 0 Å². The molecule has 0 bridgehead atoms. The number of hydrogen-bond donors (Lipinski definition) is 2. The molecule has 26 heavy (non-hydrogen) atoms. The van der Waals surface area contributed by atoms with Gasteiger partial charge in [0.15, 0.2) is 0 Å². The minimum atomic E-state index is -0.594. The third-order valence-corrected chi connectivity index (χ3v) is 4.26. The summed E-state index contributed by atoms with van der Waals surface area (Å²) >= 11 is 0. The number of nitrogens with zero attached hydrogens (tertiary/aromatic N) is 1. The van der Waals surface area contributed by atoms with Crippen molar-refractivity contribution in [1.29, 1.82) is 0 Å². The Morgan fingerprint density at radius 1 is 0.962 bits per heavy atom. The van der Waals surface area contributed by atoms with E-state index in [1.807, 2.05) is 31.1 Å². The molecule has 0 radical (unpaired) electrons. The van der Waals surface area contributed by atoms with Crippen LogP contribution in [0.5, 0.6) is 0 Å². The van der Waals surface area contributed by atoms with Gasteiger partial charge in [0.05, 0.1) is 0 Å². The van der Waals surface area contributed by atoms with Crippen molar-refractivity contribution in [3.05, 3.63) is 59.7 Å². The third kappa shape index (κ3) is 5.17. The van der Waals surface area contributed by atoms with Gasteiger partial charge in [-0.05, 0) is 49.3 Å². The maximum absolute atomic E-state index is 12.5. The number of rotatable bonds is 7. The second kappa shape index (κ2) is 9.15. The van der Waals surface area contributed by atoms with E-state index in [-0.39, 0.29) is 11.8 Å². The summed E-state index contributed by atoms with van der Waals surface area (Å²) in [6.07, 6.45) is 1.01. The predicted octanol–water partition coefficient (Wildman–Crippen LogP) is 2.32. The SMILES string of the molecule is CCc1ccc(-c2ccc(C(=O)N[C@@H](CN(C)C)C(=O)NC)cc2)cc1. The molecule has 138 valence electrons. The number of nitrogens with one attached hydrogen (secondary N) is 2. The van der Waals surface area contributed by atoms with Crippen LogP contribution in [0.4, 0.5) is 0 Å². The highest BCUT2D eigenvalue weighted by atomic mass is 16.2. The summed E-state index contributed by atoms with van der Waals surface area (Å²) in [7, 11) is 5.29. The second-order valence-electron chi connectivity index (χ2n) is 6.53. The minimum Gasteiger partial charge on any atom is -0.357 e. The Balaban J connectivity index is 2.10. The van der Waals surface area contributed by atoms with Crippen LogP contribution in [0.1, 0.15) is 22.8 Å². The fourth-order valence-electron chi connectivity index (χ4n) is 2.72. The molecule has 5 heteroatoms. The topological polar surface area (TPSA) is 61.4 Å². The van der Waals surface area contributed by atoms with Crippen LogP contribution in [0.3, 0.4) is 0 Å². The molecule has 0 aromatic heterocycles. The summed E-state index contributed by atoms with van der Waals surface area (Å²) in [5, 5.41) is 5.38. The Bertz CT molecular complexity index is 737. The van der Waals surface area contributed by atoms with Gasteiger partial charge in [-0.15, -0.1) is 0 Å². The van der Waals surface area contributed by atoms with Crippen molar-refractivity contribution in [2.75, 3.05) is 27.7 Å². The first-order valence-electron chi connectivity index (χ1n) is 8.81. The third-order valence-electron chi connectivity index (χ3n) is 4.26. The monoisotopic (exact) mass is 353 g/mol. The zero-order valence-electron chi connectivity index (χ0n) is 15.9. The summed E-state index contributed by atoms with van der Waals surface area (Å²) in [5.74, 6) is -0.465. The van der Waals surface area contributed by atoms with Crippen molar-refractivity contribution in [1.82, 2.24) is 15.5 Å². The van der Waals surface area contributed by atoms with Gasteiger partial charge in [0, 0.05) is 19.2 Å². The number of hydrogen-bond acceptors (Lipinski definition) is 3. The Hall–Kier alpha value is -2.66. The van der Waals surface area contributed by atoms with Crippen LogP contribution in [0.15, 0.2) is 48.5 Å². The number of carbonyl (C=O) groups is 2. The predicted molar refractivity (Wildman–Crippen MR) is 105 cm³/mol. The first kappa shape index (κ1) is 19.7. The molecule has 2 aromatic carbocycles. The van der Waals surface area contributed by atoms with Gasteiger partial charge in [-0.25, -0.2) is 0 Å². The minimum absolute atomic E-state index is 0.209. The molecular weight excluding hydrogens is 326 g/mol. The van der Waals surface area contributed by atoms with Gasteiger partial charge in [0.25, 0.3) is 5.91 Å². The molecule has 0 fully saturated rings. The van der Waals surface area contributed by atoms with E-state index >= 15 is 0 Å². The number of benzene rings is 2. The van der Waals surface area contributed by atoms with Crippen molar-refractivity contribution in [3.8, 4) is 11.1 Å². The number of amides is 2. The lowest BCUT2D eigenvalue weighted by atomic mass is 10.0. The van der Waals surface area contributed by atoms with Gasteiger partial charge in [-0.2, -0.15) is 0 Å². The fourth-order valence-corrected chi connectivity index (χ4v) is 2.72. The number of aryl methyl sites for hydroxylation is 1. The van der Waals surface area contributed by atoms with Crippen molar-refractivity contribution >= 4 is 11.8 Å². The Kier molecular flexibility index (Phi) is 6.92. The largest absolute Gasteiger partial charge is 0.357 e. The molecule has 0 spiro atoms. The standard InChI is InChI=1S/C21H27N3O2/c1-5-15-6-8-16(9-7-15)17-10-12-18(13-11-17)20(25)23-19(14-24(3)4)21(26)22-2/h6-13,19H,5,14H2,1-4H3,(H,22,26)(H,23,25)/t19-/m0/s1. The van der Waals surface area contributed by atoms with Crippen molar-refractivity contribution in [3.63, 3.8) is 0 Å². The van der Waals surface area contributed by atoms with Gasteiger partial charge >= 0.3 is 0 Å². The molecule has 0 saturated heterocycles. The van der Waals surface area contributed by atoms with Gasteiger partial charge in [0.1, 0.15) is 6.04 Å². The van der Waals surface area contributed by atoms with E-state index in [1.54, 1.807) is 19.2 Å². The van der Waals surface area contributed by atoms with Gasteiger partial charge in [0.2, 0.25) is 5.91 Å². The molecule has 2 aromatic rings. The van der Waals surface area contributed by atoms with Crippen LogP contribution in [0.25, 0.3) is 11.1 Å². The summed E-state index contributed by atoms with van der Waals surface area (Å²) < 4.78 is 0. The molecule has 2 rings (SSSR count). The highest BCUT2D eigenvalue weighted by Gasteiger charge is 2.21. The molecule has 1 atom stereocenters. The van der Waals surface area contributed by atoms with Crippen LogP contribution in [-0.2, 0) is 11.2 Å². The zero-order valence-corrected chi connectivity index (χ0v) is 15.9. The van der Waals surface area contributed by atoms with Crippen LogP contribution in [0.2, 0.25) is 0 Å². The van der Waals surface area contributed by atoms with E-state index in [2.05, 4.69) is 41.8 Å². The molecule has 0 heterocycles. The molecule has 2 amide bonds. The molecule has 2 N–H and O–H groups in total. The fraction of sp³-hybridized carbons (Fsp3) is 0.333. The smallest absolute Gasteiger partial charge is 0.251 e. The average molecular weight is 353 g/mol. The number of likely N-dealkylation sites (N-methyl/N-ethyl adjacent to an activating group) is 2. The van der Waals surface area contributed by atoms with Crippen LogP contribution >= 0.6 is 0 Å². The second-order valence-corrected chi connectivity index (χ2v) is 6.53. The summed E-state index contributed by atoms with van der Waals surface area (Å²) in [6, 6.07) is 15.2. The number of carbonyl (C=O) groups excluding carboxylic acids is 2. The van der Waals surface area contributed by atoms with E-state index in [0.29, 0.717) is 12.1 Å². The normalized spacial score (nSPS) is 11.9. The first-order chi connectivity index (χ1) is 12.4. The highest BCUT2D eigenvalue weighted by molar-refractivity contribution is 5.98. The molecule has 0 aliphatic rings. The maximum atomic E-state index is 12.5. The molecule has 0 unspecified atom stereocenters. The van der Waals surface area contributed by atoms with Gasteiger partial charge < -0.3 is 15.5 Å². The van der Waals surface area contributed by atoms with Crippen LogP contribution < -0.4 is 10.6 Å². The Labute approximate surface area is 155 Å². The quantitative estimate of drug-likeness (QED) is 0.803. The van der Waals surface area contributed by atoms with Crippen LogP contribution in [-0.4, -0.2) is 50.4 Å². The lowest BCUT2D eigenvalue weighted by Gasteiger charge is -2.21. The van der Waals surface area contributed by atoms with Crippen molar-refractivity contribution < 1.29 is 9.59 Å². The lowest BCUT2D eigenvalue weighted by Crippen LogP contribution is -2.50. The van der Waals surface area contributed by atoms with E-state index in [1.165, 1.54) is 5.56 Å². The maximum Gasteiger partial charge on any atom is 0.251 e. The molecule has 0 aliphatic heterocycles. The van der Waals surface area contributed by atoms with Crippen molar-refractivity contribution in [2.24, 2.45) is 0 Å². The lowest BCUT2D eigenvalue weighted by molar-refractivity contribution is -0.122. The van der Waals surface area contributed by atoms with Crippen molar-refractivity contribution in [2.45, 2.75) is 19.4 Å². The van der Waals surface area contributed by atoms with Gasteiger partial charge in [-0.3, -0.25) is 9.59 Å². The van der Waals surface area contributed by atoms with E-state index in [0.717, 1.165) is 17.5 Å². The highest BCUT2D eigenvalue weighted by Crippen LogP contribution is 2.20. The van der Waals surface area contributed by atoms with E-state index in [9.17, 15) is 9.59 Å². The molecule has 0 saturated carbocycles. The summed E-state index contributed by atoms with van der Waals surface area (Å²) in [4.78, 5) is 26.3. The zero-order chi connectivity index (χ0) is 19.1. The molecular formula is C21H27N3O2. The average Bonchev–Trinajstić information content (AvgIpc) is 2.66. The summed E-state index contributed by atoms with van der Waals surface area (Å²) in [5.41, 5.74) is 4.00. The van der Waals surface area contributed by atoms with E-state index in [4.69, 9.17) is 0 Å². The van der Waals surface area contributed by atoms with E-state index < -0.39 is 6.04 Å². The Morgan fingerprint density at radius 3 is 1.96 bits per heavy atom. The van der Waals surface area contributed by atoms with Gasteiger partial charge in [-0.1, -0.05) is 43.3 Å². The Morgan fingerprint density at radius 2 is 1.50 bits per heavy atom. The first-order valence-corrected chi connectivity index (χ1v) is 8.81. The molecule has 0 aliphatic carbocycles.